The topological polar surface area (TPSA) is 121 Å². The predicted molar refractivity (Wildman–Crippen MR) is 127 cm³/mol. The number of rotatable bonds is 9. The normalized spacial score (nSPS) is 13.0. The van der Waals surface area contributed by atoms with E-state index in [1.54, 1.807) is 6.26 Å². The summed E-state index contributed by atoms with van der Waals surface area (Å²) in [7, 11) is -1.24. The van der Waals surface area contributed by atoms with Crippen LogP contribution in [0.3, 0.4) is 0 Å². The van der Waals surface area contributed by atoms with Crippen molar-refractivity contribution in [3.05, 3.63) is 40.8 Å². The molecule has 0 unspecified atom stereocenters. The molecule has 0 aliphatic heterocycles. The Morgan fingerprint density at radius 2 is 1.94 bits per heavy atom. The van der Waals surface area contributed by atoms with Crippen LogP contribution in [0.1, 0.15) is 50.5 Å². The van der Waals surface area contributed by atoms with Crippen molar-refractivity contribution in [1.82, 2.24) is 13.1 Å². The molecule has 0 fully saturated rings. The maximum Gasteiger partial charge on any atom is 0.247 e. The molecule has 3 aromatic rings. The van der Waals surface area contributed by atoms with Crippen molar-refractivity contribution in [3.8, 4) is 5.75 Å². The molecule has 0 aliphatic rings. The van der Waals surface area contributed by atoms with E-state index in [4.69, 9.17) is 16.0 Å². The fourth-order valence-corrected chi connectivity index (χ4v) is 4.92. The summed E-state index contributed by atoms with van der Waals surface area (Å²) in [6.07, 6.45) is 2.49. The molecule has 9 nitrogen and oxygen atoms in total. The average Bonchev–Trinajstić information content (AvgIpc) is 3.38. The maximum absolute atomic E-state index is 12.6. The third-order valence-corrected chi connectivity index (χ3v) is 7.78. The molecule has 3 rings (SSSR count). The van der Waals surface area contributed by atoms with Gasteiger partial charge < -0.3 is 20.2 Å². The molecule has 2 heterocycles. The van der Waals surface area contributed by atoms with Crippen LogP contribution in [0.2, 0.25) is 5.02 Å². The average molecular weight is 500 g/mol. The number of phenolic OH excluding ortho intramolecular Hbond substituents is 1. The number of sulfonamides is 1. The summed E-state index contributed by atoms with van der Waals surface area (Å²) in [5.74, 6) is 1.43. The molecule has 0 aliphatic carbocycles. The quantitative estimate of drug-likeness (QED) is 0.345. The largest absolute Gasteiger partial charge is 0.504 e. The second kappa shape index (κ2) is 9.65. The van der Waals surface area contributed by atoms with Crippen molar-refractivity contribution in [1.29, 1.82) is 0 Å². The first-order chi connectivity index (χ1) is 15.1. The van der Waals surface area contributed by atoms with E-state index in [0.717, 1.165) is 33.8 Å². The summed E-state index contributed by atoms with van der Waals surface area (Å²) >= 11 is 7.06. The summed E-state index contributed by atoms with van der Waals surface area (Å²) < 4.78 is 40.4. The van der Waals surface area contributed by atoms with Crippen molar-refractivity contribution < 1.29 is 17.9 Å². The Morgan fingerprint density at radius 1 is 1.25 bits per heavy atom. The van der Waals surface area contributed by atoms with Crippen molar-refractivity contribution in [2.75, 3.05) is 24.7 Å². The molecule has 12 heteroatoms. The van der Waals surface area contributed by atoms with Gasteiger partial charge in [-0.1, -0.05) is 32.4 Å². The van der Waals surface area contributed by atoms with Gasteiger partial charge in [-0.2, -0.15) is 8.75 Å². The minimum absolute atomic E-state index is 0.0821. The number of halogens is 1. The van der Waals surface area contributed by atoms with Crippen LogP contribution in [-0.4, -0.2) is 40.7 Å². The molecule has 0 radical (unpaired) electrons. The molecule has 0 bridgehead atoms. The zero-order chi connectivity index (χ0) is 23.6. The Hall–Kier alpha value is -2.34. The molecular weight excluding hydrogens is 474 g/mol. The van der Waals surface area contributed by atoms with Gasteiger partial charge in [0.05, 0.1) is 34.7 Å². The molecule has 0 amide bonds. The number of phenols is 1. The number of anilines is 3. The first-order valence-electron chi connectivity index (χ1n) is 9.94. The van der Waals surface area contributed by atoms with Crippen molar-refractivity contribution >= 4 is 50.7 Å². The van der Waals surface area contributed by atoms with E-state index in [9.17, 15) is 13.5 Å². The van der Waals surface area contributed by atoms with Gasteiger partial charge in [0.1, 0.15) is 10.7 Å². The molecule has 1 atom stereocenters. The number of benzene rings is 1. The van der Waals surface area contributed by atoms with Gasteiger partial charge in [-0.25, -0.2) is 12.7 Å². The molecule has 0 saturated carbocycles. The monoisotopic (exact) mass is 499 g/mol. The Morgan fingerprint density at radius 3 is 2.53 bits per heavy atom. The van der Waals surface area contributed by atoms with Crippen LogP contribution in [0, 0.1) is 0 Å². The number of aromatic nitrogens is 2. The second-order valence-electron chi connectivity index (χ2n) is 7.69. The van der Waals surface area contributed by atoms with E-state index >= 15 is 0 Å². The summed E-state index contributed by atoms with van der Waals surface area (Å²) in [6.45, 7) is 6.21. The van der Waals surface area contributed by atoms with E-state index in [0.29, 0.717) is 17.6 Å². The molecule has 2 aromatic heterocycles. The van der Waals surface area contributed by atoms with Crippen molar-refractivity contribution in [2.24, 2.45) is 0 Å². The molecule has 32 heavy (non-hydrogen) atoms. The number of hydrogen-bond donors (Lipinski definition) is 3. The molecule has 174 valence electrons. The molecule has 0 spiro atoms. The maximum atomic E-state index is 12.6. The summed E-state index contributed by atoms with van der Waals surface area (Å²) in [4.78, 5) is -0.380. The lowest BCUT2D eigenvalue weighted by molar-refractivity contribution is 0.454. The second-order valence-corrected chi connectivity index (χ2v) is 10.7. The molecular formula is C20H26ClN5O4S2. The third-order valence-electron chi connectivity index (χ3n) is 4.93. The van der Waals surface area contributed by atoms with Crippen LogP contribution in [0.5, 0.6) is 5.75 Å². The van der Waals surface area contributed by atoms with Gasteiger partial charge >= 0.3 is 0 Å². The van der Waals surface area contributed by atoms with E-state index in [1.165, 1.54) is 26.2 Å². The molecule has 1 aromatic carbocycles. The number of hydrogen-bond acceptors (Lipinski definition) is 9. The zero-order valence-electron chi connectivity index (χ0n) is 18.4. The van der Waals surface area contributed by atoms with E-state index in [-0.39, 0.29) is 21.6 Å². The number of nitrogens with one attached hydrogen (secondary N) is 2. The Kier molecular flexibility index (Phi) is 7.33. The minimum atomic E-state index is -3.96. The van der Waals surface area contributed by atoms with Crippen LogP contribution in [-0.2, 0) is 10.0 Å². The van der Waals surface area contributed by atoms with Crippen LogP contribution in [0.25, 0.3) is 0 Å². The van der Waals surface area contributed by atoms with Gasteiger partial charge in [0.25, 0.3) is 0 Å². The predicted octanol–water partition coefficient (Wildman–Crippen LogP) is 5.17. The van der Waals surface area contributed by atoms with Gasteiger partial charge in [0.15, 0.2) is 17.4 Å². The highest BCUT2D eigenvalue weighted by Crippen LogP contribution is 2.40. The van der Waals surface area contributed by atoms with Crippen LogP contribution < -0.4 is 10.6 Å². The zero-order valence-corrected chi connectivity index (χ0v) is 20.8. The number of nitrogens with zero attached hydrogens (tertiary/aromatic N) is 3. The van der Waals surface area contributed by atoms with Crippen LogP contribution >= 0.6 is 23.3 Å². The highest BCUT2D eigenvalue weighted by Gasteiger charge is 2.27. The van der Waals surface area contributed by atoms with Gasteiger partial charge in [-0.15, -0.1) is 0 Å². The van der Waals surface area contributed by atoms with Gasteiger partial charge in [0, 0.05) is 14.1 Å². The van der Waals surface area contributed by atoms with Crippen LogP contribution in [0.15, 0.2) is 33.8 Å². The summed E-state index contributed by atoms with van der Waals surface area (Å²) in [5.41, 5.74) is 1.24. The standard InChI is InChI=1S/C20H26ClN5O4S2/c1-6-14(16-9-12(10-30-16)11(2)3)22-19-20(25-31-24-19)23-15-8-7-13(21)18(17(15)27)32(28,29)26(4)5/h7-11,14,27H,6H2,1-5H3,(H,22,24)(H,23,25)/t14-/m1/s1. The van der Waals surface area contributed by atoms with E-state index < -0.39 is 15.8 Å². The summed E-state index contributed by atoms with van der Waals surface area (Å²) in [5, 5.41) is 16.9. The first kappa shape index (κ1) is 24.3. The van der Waals surface area contributed by atoms with Gasteiger partial charge in [0.2, 0.25) is 10.0 Å². The van der Waals surface area contributed by atoms with Crippen LogP contribution in [0.4, 0.5) is 17.3 Å². The fourth-order valence-electron chi connectivity index (χ4n) is 2.96. The lowest BCUT2D eigenvalue weighted by Crippen LogP contribution is -2.22. The lowest BCUT2D eigenvalue weighted by atomic mass is 10.1. The third kappa shape index (κ3) is 4.85. The smallest absolute Gasteiger partial charge is 0.247 e. The number of aromatic hydroxyl groups is 1. The highest BCUT2D eigenvalue weighted by molar-refractivity contribution is 7.89. The Balaban J connectivity index is 1.89. The molecule has 3 N–H and O–H groups in total. The Bertz CT molecular complexity index is 1190. The summed E-state index contributed by atoms with van der Waals surface area (Å²) in [6, 6.07) is 4.75. The van der Waals surface area contributed by atoms with E-state index in [1.807, 2.05) is 13.0 Å². The minimum Gasteiger partial charge on any atom is -0.504 e. The van der Waals surface area contributed by atoms with Gasteiger partial charge in [-0.05, 0) is 36.1 Å². The molecule has 0 saturated heterocycles. The highest BCUT2D eigenvalue weighted by atomic mass is 35.5. The number of furan rings is 1. The lowest BCUT2D eigenvalue weighted by Gasteiger charge is -2.17. The first-order valence-corrected chi connectivity index (χ1v) is 12.5. The van der Waals surface area contributed by atoms with Gasteiger partial charge in [-0.3, -0.25) is 0 Å². The van der Waals surface area contributed by atoms with Crippen molar-refractivity contribution in [2.45, 2.75) is 44.0 Å². The Labute approximate surface area is 196 Å². The van der Waals surface area contributed by atoms with Crippen molar-refractivity contribution in [3.63, 3.8) is 0 Å². The fraction of sp³-hybridized carbons (Fsp3) is 0.400. The van der Waals surface area contributed by atoms with E-state index in [2.05, 4.69) is 33.2 Å². The SMILES string of the molecule is CC[C@@H](Nc1nsnc1Nc1ccc(Cl)c(S(=O)(=O)N(C)C)c1O)c1cc(C(C)C)co1.